The predicted octanol–water partition coefficient (Wildman–Crippen LogP) is 0.653. The van der Waals surface area contributed by atoms with E-state index in [1.54, 1.807) is 0 Å². The van der Waals surface area contributed by atoms with E-state index >= 15 is 0 Å². The van der Waals surface area contributed by atoms with Gasteiger partial charge in [-0.1, -0.05) is 13.8 Å². The van der Waals surface area contributed by atoms with E-state index in [1.165, 1.54) is 14.0 Å². The van der Waals surface area contributed by atoms with Crippen LogP contribution in [0.15, 0.2) is 0 Å². The van der Waals surface area contributed by atoms with Crippen LogP contribution in [0.3, 0.4) is 0 Å². The molecule has 2 spiro atoms. The van der Waals surface area contributed by atoms with Crippen molar-refractivity contribution in [2.75, 3.05) is 20.3 Å². The van der Waals surface area contributed by atoms with Crippen LogP contribution < -0.4 is 0 Å². The maximum Gasteiger partial charge on any atom is 0.302 e. The quantitative estimate of drug-likeness (QED) is 0.549. The van der Waals surface area contributed by atoms with Crippen LogP contribution in [0.4, 0.5) is 0 Å². The number of rotatable bonds is 3. The third-order valence-corrected chi connectivity index (χ3v) is 9.59. The Balaban J connectivity index is 1.74. The lowest BCUT2D eigenvalue weighted by Crippen LogP contribution is -2.85. The van der Waals surface area contributed by atoms with Crippen molar-refractivity contribution < 1.29 is 39.1 Å². The van der Waals surface area contributed by atoms with Gasteiger partial charge in [-0.2, -0.15) is 0 Å². The van der Waals surface area contributed by atoms with Crippen LogP contribution in [0, 0.1) is 39.9 Å². The van der Waals surface area contributed by atoms with E-state index in [9.17, 15) is 24.9 Å². The first-order valence-electron chi connectivity index (χ1n) is 11.4. The van der Waals surface area contributed by atoms with Gasteiger partial charge in [-0.3, -0.25) is 9.59 Å². The second-order valence-electron chi connectivity index (χ2n) is 11.3. The van der Waals surface area contributed by atoms with Gasteiger partial charge >= 0.3 is 5.97 Å². The largest absolute Gasteiger partial charge is 0.462 e. The monoisotopic (exact) mass is 438 g/mol. The average molecular weight is 439 g/mol. The highest BCUT2D eigenvalue weighted by atomic mass is 16.6. The van der Waals surface area contributed by atoms with Crippen LogP contribution in [0.5, 0.6) is 0 Å². The molecule has 6 rings (SSSR count). The molecule has 0 aromatic heterocycles. The summed E-state index contributed by atoms with van der Waals surface area (Å²) in [5.41, 5.74) is -2.81. The Bertz CT molecular complexity index is 811. The van der Waals surface area contributed by atoms with E-state index in [4.69, 9.17) is 14.2 Å². The Hall–Kier alpha value is -1.06. The minimum Gasteiger partial charge on any atom is -0.462 e. The Morgan fingerprint density at radius 3 is 2.61 bits per heavy atom. The zero-order chi connectivity index (χ0) is 22.6. The maximum atomic E-state index is 13.9. The van der Waals surface area contributed by atoms with E-state index < -0.39 is 64.1 Å². The normalized spacial score (nSPS) is 54.3. The van der Waals surface area contributed by atoms with E-state index in [2.05, 4.69) is 0 Å². The number of esters is 1. The number of hydrogen-bond acceptors (Lipinski definition) is 8. The molecule has 10 unspecified atom stereocenters. The number of aliphatic hydroxyl groups excluding tert-OH is 2. The predicted molar refractivity (Wildman–Crippen MR) is 106 cm³/mol. The highest BCUT2D eigenvalue weighted by Crippen LogP contribution is 2.76. The number of aliphatic hydroxyl groups is 3. The molecule has 31 heavy (non-hydrogen) atoms. The average Bonchev–Trinajstić information content (AvgIpc) is 2.88. The van der Waals surface area contributed by atoms with Crippen molar-refractivity contribution in [2.45, 2.75) is 70.6 Å². The standard InChI is InChI=1S/C23H34O8/c1-11(24)31-15-5-6-20(2,3)17-19(27)23(28)22-8-12(13(9-29-4)18(22)26)7-14(25)16(22)21(15,17)10-30-23/h12-17,19,25,27-28H,5-10H2,1-4H3. The number of carbonyl (C=O) groups is 2. The van der Waals surface area contributed by atoms with Crippen molar-refractivity contribution in [3.63, 3.8) is 0 Å². The first kappa shape index (κ1) is 21.8. The molecular formula is C23H34O8. The zero-order valence-corrected chi connectivity index (χ0v) is 18.7. The van der Waals surface area contributed by atoms with E-state index in [-0.39, 0.29) is 24.9 Å². The van der Waals surface area contributed by atoms with E-state index in [0.29, 0.717) is 25.7 Å². The highest BCUT2D eigenvalue weighted by Gasteiger charge is 2.86. The molecule has 0 aromatic carbocycles. The van der Waals surface area contributed by atoms with Crippen LogP contribution in [-0.4, -0.2) is 71.5 Å². The van der Waals surface area contributed by atoms with Crippen molar-refractivity contribution in [3.8, 4) is 0 Å². The summed E-state index contributed by atoms with van der Waals surface area (Å²) in [5.74, 6) is -4.51. The van der Waals surface area contributed by atoms with Gasteiger partial charge in [0.25, 0.3) is 0 Å². The highest BCUT2D eigenvalue weighted by molar-refractivity contribution is 5.92. The molecular weight excluding hydrogens is 404 g/mol. The molecule has 4 bridgehead atoms. The third-order valence-electron chi connectivity index (χ3n) is 9.59. The summed E-state index contributed by atoms with van der Waals surface area (Å²) in [7, 11) is 1.53. The Morgan fingerprint density at radius 1 is 1.26 bits per heavy atom. The smallest absolute Gasteiger partial charge is 0.302 e. The van der Waals surface area contributed by atoms with Gasteiger partial charge in [0.2, 0.25) is 5.79 Å². The van der Waals surface area contributed by atoms with Crippen LogP contribution in [0.1, 0.15) is 46.5 Å². The number of carbonyl (C=O) groups excluding carboxylic acids is 2. The number of hydrogen-bond donors (Lipinski definition) is 3. The first-order chi connectivity index (χ1) is 14.5. The van der Waals surface area contributed by atoms with Gasteiger partial charge in [-0.15, -0.1) is 0 Å². The Morgan fingerprint density at radius 2 is 1.97 bits per heavy atom. The van der Waals surface area contributed by atoms with Crippen molar-refractivity contribution in [2.24, 2.45) is 39.9 Å². The topological polar surface area (TPSA) is 123 Å². The van der Waals surface area contributed by atoms with Crippen molar-refractivity contribution in [1.29, 1.82) is 0 Å². The lowest BCUT2D eigenvalue weighted by molar-refractivity contribution is -0.455. The Kier molecular flexibility index (Phi) is 4.57. The molecule has 0 radical (unpaired) electrons. The van der Waals surface area contributed by atoms with Gasteiger partial charge in [0.1, 0.15) is 12.2 Å². The molecule has 6 fully saturated rings. The molecule has 8 heteroatoms. The minimum absolute atomic E-state index is 0.0307. The first-order valence-corrected chi connectivity index (χ1v) is 11.4. The zero-order valence-electron chi connectivity index (χ0n) is 18.7. The number of ketones is 1. The molecule has 174 valence electrons. The molecule has 8 nitrogen and oxygen atoms in total. The molecule has 2 aliphatic heterocycles. The fourth-order valence-corrected chi connectivity index (χ4v) is 8.81. The molecule has 3 N–H and O–H groups in total. The van der Waals surface area contributed by atoms with Gasteiger partial charge in [-0.25, -0.2) is 0 Å². The summed E-state index contributed by atoms with van der Waals surface area (Å²) >= 11 is 0. The molecule has 4 saturated carbocycles. The lowest BCUT2D eigenvalue weighted by Gasteiger charge is -2.74. The minimum atomic E-state index is -2.08. The fourth-order valence-electron chi connectivity index (χ4n) is 8.81. The van der Waals surface area contributed by atoms with Crippen molar-refractivity contribution in [3.05, 3.63) is 0 Å². The summed E-state index contributed by atoms with van der Waals surface area (Å²) < 4.78 is 17.1. The molecule has 2 heterocycles. The molecule has 4 aliphatic carbocycles. The van der Waals surface area contributed by atoms with E-state index in [0.717, 1.165) is 0 Å². The van der Waals surface area contributed by atoms with Gasteiger partial charge < -0.3 is 29.5 Å². The lowest BCUT2D eigenvalue weighted by atomic mass is 9.35. The SMILES string of the molecule is COCC1C(=O)C23CC1CC(O)C2C12COC3(O)C(O)C1C(C)(C)CCC2OC(C)=O. The molecule has 0 amide bonds. The number of methoxy groups -OCH3 is 1. The van der Waals surface area contributed by atoms with Gasteiger partial charge in [0.15, 0.2) is 5.78 Å². The molecule has 2 saturated heterocycles. The summed E-state index contributed by atoms with van der Waals surface area (Å²) in [6.07, 6.45) is -0.829. The van der Waals surface area contributed by atoms with Gasteiger partial charge in [0.05, 0.1) is 24.7 Å². The van der Waals surface area contributed by atoms with Crippen LogP contribution in [0.25, 0.3) is 0 Å². The van der Waals surface area contributed by atoms with Crippen LogP contribution in [-0.2, 0) is 23.8 Å². The summed E-state index contributed by atoms with van der Waals surface area (Å²) in [6, 6.07) is 0. The van der Waals surface area contributed by atoms with Gasteiger partial charge in [0, 0.05) is 37.2 Å². The summed E-state index contributed by atoms with van der Waals surface area (Å²) in [4.78, 5) is 26.0. The van der Waals surface area contributed by atoms with E-state index in [1.807, 2.05) is 13.8 Å². The summed E-state index contributed by atoms with van der Waals surface area (Å²) in [5, 5.41) is 35.0. The number of ether oxygens (including phenoxy) is 3. The van der Waals surface area contributed by atoms with Crippen LogP contribution >= 0.6 is 0 Å². The molecule has 0 aromatic rings. The maximum absolute atomic E-state index is 13.9. The number of Topliss-reactive ketones (excluding diaryl/α,β-unsaturated/α-hetero) is 1. The molecule has 6 aliphatic rings. The second kappa shape index (κ2) is 6.50. The fraction of sp³-hybridized carbons (Fsp3) is 0.913. The third kappa shape index (κ3) is 2.33. The summed E-state index contributed by atoms with van der Waals surface area (Å²) in [6.45, 7) is 5.65. The number of fused-ring (bicyclic) bond motifs is 2. The second-order valence-corrected chi connectivity index (χ2v) is 11.3. The van der Waals surface area contributed by atoms with Crippen molar-refractivity contribution >= 4 is 11.8 Å². The van der Waals surface area contributed by atoms with Crippen LogP contribution in [0.2, 0.25) is 0 Å². The van der Waals surface area contributed by atoms with Crippen molar-refractivity contribution in [1.82, 2.24) is 0 Å². The molecule has 10 atom stereocenters. The Labute approximate surface area is 182 Å². The van der Waals surface area contributed by atoms with Gasteiger partial charge in [-0.05, 0) is 37.0 Å².